The Kier molecular flexibility index (Phi) is 6.35. The first-order valence-electron chi connectivity index (χ1n) is 9.40. The molecule has 31 heavy (non-hydrogen) atoms. The molecule has 9 heteroatoms. The van der Waals surface area contributed by atoms with Crippen LogP contribution in [0.2, 0.25) is 0 Å². The molecule has 0 fully saturated rings. The van der Waals surface area contributed by atoms with Crippen molar-refractivity contribution in [3.63, 3.8) is 0 Å². The van der Waals surface area contributed by atoms with Crippen LogP contribution in [0.4, 0.5) is 18.9 Å². The zero-order valence-corrected chi connectivity index (χ0v) is 17.2. The van der Waals surface area contributed by atoms with Gasteiger partial charge in [-0.05, 0) is 54.8 Å². The van der Waals surface area contributed by atoms with E-state index in [0.29, 0.717) is 11.3 Å². The normalized spacial score (nSPS) is 14.5. The minimum atomic E-state index is -4.80. The molecule has 164 valence electrons. The number of ether oxygens (including phenoxy) is 2. The molecule has 2 aromatic carbocycles. The molecule has 6 nitrogen and oxygen atoms in total. The van der Waals surface area contributed by atoms with E-state index < -0.39 is 23.9 Å². The van der Waals surface area contributed by atoms with Gasteiger partial charge in [0.15, 0.2) is 0 Å². The summed E-state index contributed by atoms with van der Waals surface area (Å²) in [4.78, 5) is 27.1. The third-order valence-corrected chi connectivity index (χ3v) is 4.84. The molecule has 0 spiro atoms. The van der Waals surface area contributed by atoms with E-state index in [2.05, 4.69) is 10.1 Å². The lowest BCUT2D eigenvalue weighted by molar-refractivity contribution is -0.274. The Bertz CT molecular complexity index is 1030. The highest BCUT2D eigenvalue weighted by Crippen LogP contribution is 2.32. The van der Waals surface area contributed by atoms with E-state index in [1.807, 2.05) is 26.0 Å². The second kappa shape index (κ2) is 8.81. The molecule has 0 unspecified atom stereocenters. The number of methoxy groups -OCH3 is 1. The molecule has 0 radical (unpaired) electrons. The maximum absolute atomic E-state index is 13.0. The number of benzene rings is 2. The summed E-state index contributed by atoms with van der Waals surface area (Å²) in [5.41, 5.74) is 3.14. The zero-order chi connectivity index (χ0) is 22.8. The highest BCUT2D eigenvalue weighted by Gasteiger charge is 2.39. The number of alkyl halides is 3. The average Bonchev–Trinajstić information content (AvgIpc) is 2.92. The summed E-state index contributed by atoms with van der Waals surface area (Å²) >= 11 is 0. The zero-order valence-electron chi connectivity index (χ0n) is 17.2. The van der Waals surface area contributed by atoms with Gasteiger partial charge in [0.05, 0.1) is 18.7 Å². The number of carbonyl (C=O) groups is 2. The van der Waals surface area contributed by atoms with E-state index in [9.17, 15) is 22.8 Å². The first-order chi connectivity index (χ1) is 14.6. The van der Waals surface area contributed by atoms with Crippen LogP contribution < -0.4 is 10.1 Å². The number of aryl methyl sites for hydroxylation is 2. The second-order valence-corrected chi connectivity index (χ2v) is 7.00. The third-order valence-electron chi connectivity index (χ3n) is 4.84. The topological polar surface area (TPSA) is 67.9 Å². The van der Waals surface area contributed by atoms with Crippen molar-refractivity contribution in [3.8, 4) is 5.75 Å². The smallest absolute Gasteiger partial charge is 0.406 e. The Labute approximate surface area is 177 Å². The number of hydrogen-bond donors (Lipinski definition) is 1. The van der Waals surface area contributed by atoms with Gasteiger partial charge in [-0.2, -0.15) is 0 Å². The Morgan fingerprint density at radius 3 is 2.23 bits per heavy atom. The van der Waals surface area contributed by atoms with Crippen molar-refractivity contribution >= 4 is 23.1 Å². The van der Waals surface area contributed by atoms with E-state index >= 15 is 0 Å². The molecule has 0 atom stereocenters. The third kappa shape index (κ3) is 5.05. The van der Waals surface area contributed by atoms with E-state index in [1.54, 1.807) is 6.07 Å². The molecule has 3 rings (SSSR count). The predicted octanol–water partition coefficient (Wildman–Crippen LogP) is 4.04. The highest BCUT2D eigenvalue weighted by molar-refractivity contribution is 6.36. The van der Waals surface area contributed by atoms with Crippen LogP contribution in [0.25, 0.3) is 5.57 Å². The maximum atomic E-state index is 13.0. The average molecular weight is 434 g/mol. The van der Waals surface area contributed by atoms with Gasteiger partial charge in [-0.25, -0.2) is 0 Å². The molecule has 2 amide bonds. The molecule has 0 saturated heterocycles. The molecule has 1 heterocycles. The summed E-state index contributed by atoms with van der Waals surface area (Å²) in [6, 6.07) is 10.3. The summed E-state index contributed by atoms with van der Waals surface area (Å²) in [5.74, 6) is -1.40. The molecule has 1 N–H and O–H groups in total. The summed E-state index contributed by atoms with van der Waals surface area (Å²) in [5, 5.41) is 2.89. The number of nitrogens with one attached hydrogen (secondary N) is 1. The van der Waals surface area contributed by atoms with E-state index in [4.69, 9.17) is 4.74 Å². The summed E-state index contributed by atoms with van der Waals surface area (Å²) in [6.45, 7) is 4.08. The summed E-state index contributed by atoms with van der Waals surface area (Å²) in [7, 11) is 1.46. The Morgan fingerprint density at radius 2 is 1.65 bits per heavy atom. The minimum Gasteiger partial charge on any atom is -0.406 e. The molecule has 2 aromatic rings. The summed E-state index contributed by atoms with van der Waals surface area (Å²) in [6.07, 6.45) is -4.80. The lowest BCUT2D eigenvalue weighted by Gasteiger charge is -2.14. The van der Waals surface area contributed by atoms with Gasteiger partial charge >= 0.3 is 6.36 Å². The van der Waals surface area contributed by atoms with Gasteiger partial charge in [-0.3, -0.25) is 14.5 Å². The summed E-state index contributed by atoms with van der Waals surface area (Å²) < 4.78 is 45.9. The molecule has 0 aliphatic carbocycles. The van der Waals surface area contributed by atoms with Crippen LogP contribution in [0.15, 0.2) is 48.2 Å². The second-order valence-electron chi connectivity index (χ2n) is 7.00. The van der Waals surface area contributed by atoms with Crippen molar-refractivity contribution < 1.29 is 32.2 Å². The van der Waals surface area contributed by atoms with Crippen molar-refractivity contribution in [2.45, 2.75) is 20.2 Å². The van der Waals surface area contributed by atoms with Crippen molar-refractivity contribution in [2.24, 2.45) is 0 Å². The Hall–Kier alpha value is -3.33. The van der Waals surface area contributed by atoms with E-state index in [-0.39, 0.29) is 24.4 Å². The first-order valence-corrected chi connectivity index (χ1v) is 9.40. The van der Waals surface area contributed by atoms with Gasteiger partial charge in [-0.15, -0.1) is 13.2 Å². The lowest BCUT2D eigenvalue weighted by Crippen LogP contribution is -2.35. The van der Waals surface area contributed by atoms with Crippen LogP contribution in [0.3, 0.4) is 0 Å². The van der Waals surface area contributed by atoms with Crippen LogP contribution in [0.5, 0.6) is 5.75 Å². The standard InChI is InChI=1S/C22H21F3N2O4/c1-13-4-5-15(12-14(13)2)18-19(21(29)27(20(18)28)10-11-30-3)26-16-6-8-17(9-7-16)31-22(23,24)25/h4-9,12,26H,10-11H2,1-3H3. The maximum Gasteiger partial charge on any atom is 0.573 e. The van der Waals surface area contributed by atoms with Crippen molar-refractivity contribution in [2.75, 3.05) is 25.6 Å². The van der Waals surface area contributed by atoms with Crippen molar-refractivity contribution in [1.29, 1.82) is 0 Å². The fourth-order valence-corrected chi connectivity index (χ4v) is 3.13. The molecule has 0 saturated carbocycles. The number of amides is 2. The van der Waals surface area contributed by atoms with E-state index in [0.717, 1.165) is 28.2 Å². The predicted molar refractivity (Wildman–Crippen MR) is 108 cm³/mol. The Morgan fingerprint density at radius 1 is 0.968 bits per heavy atom. The van der Waals surface area contributed by atoms with Crippen LogP contribution in [-0.4, -0.2) is 43.3 Å². The number of carbonyl (C=O) groups excluding carboxylic acids is 2. The van der Waals surface area contributed by atoms with Crippen molar-refractivity contribution in [1.82, 2.24) is 4.90 Å². The van der Waals surface area contributed by atoms with Gasteiger partial charge in [0.2, 0.25) is 0 Å². The molecule has 0 bridgehead atoms. The van der Waals surface area contributed by atoms with Gasteiger partial charge in [0.25, 0.3) is 11.8 Å². The lowest BCUT2D eigenvalue weighted by atomic mass is 9.99. The van der Waals surface area contributed by atoms with Crippen molar-refractivity contribution in [3.05, 3.63) is 64.9 Å². The van der Waals surface area contributed by atoms with Gasteiger partial charge < -0.3 is 14.8 Å². The monoisotopic (exact) mass is 434 g/mol. The first kappa shape index (κ1) is 22.4. The number of nitrogens with zero attached hydrogens (tertiary/aromatic N) is 1. The number of imide groups is 1. The number of anilines is 1. The van der Waals surface area contributed by atoms with Crippen LogP contribution in [0.1, 0.15) is 16.7 Å². The van der Waals surface area contributed by atoms with Crippen LogP contribution in [0, 0.1) is 13.8 Å². The Balaban J connectivity index is 1.97. The molecule has 1 aliphatic rings. The molecular weight excluding hydrogens is 413 g/mol. The van der Waals surface area contributed by atoms with Crippen LogP contribution in [-0.2, 0) is 14.3 Å². The highest BCUT2D eigenvalue weighted by atomic mass is 19.4. The SMILES string of the molecule is COCCN1C(=O)C(Nc2ccc(OC(F)(F)F)cc2)=C(c2ccc(C)c(C)c2)C1=O. The molecule has 0 aromatic heterocycles. The molecule has 1 aliphatic heterocycles. The number of halogens is 3. The number of rotatable bonds is 7. The van der Waals surface area contributed by atoms with Gasteiger partial charge in [0.1, 0.15) is 11.4 Å². The fourth-order valence-electron chi connectivity index (χ4n) is 3.13. The van der Waals surface area contributed by atoms with Gasteiger partial charge in [0, 0.05) is 12.8 Å². The quantitative estimate of drug-likeness (QED) is 0.667. The van der Waals surface area contributed by atoms with Crippen LogP contribution >= 0.6 is 0 Å². The largest absolute Gasteiger partial charge is 0.573 e. The fraction of sp³-hybridized carbons (Fsp3) is 0.273. The van der Waals surface area contributed by atoms with Gasteiger partial charge in [-0.1, -0.05) is 18.2 Å². The minimum absolute atomic E-state index is 0.0499. The number of hydrogen-bond acceptors (Lipinski definition) is 5. The molecular formula is C22H21F3N2O4. The van der Waals surface area contributed by atoms with E-state index in [1.165, 1.54) is 19.2 Å².